The molecule has 0 radical (unpaired) electrons. The van der Waals surface area contributed by atoms with Crippen molar-refractivity contribution in [2.24, 2.45) is 0 Å². The van der Waals surface area contributed by atoms with Gasteiger partial charge in [-0.1, -0.05) is 17.3 Å². The maximum atomic E-state index is 12.8. The van der Waals surface area contributed by atoms with E-state index in [0.29, 0.717) is 28.6 Å². The molecule has 1 amide bonds. The summed E-state index contributed by atoms with van der Waals surface area (Å²) in [5.41, 5.74) is 1.41. The fourth-order valence-electron chi connectivity index (χ4n) is 3.33. The van der Waals surface area contributed by atoms with Crippen LogP contribution in [0.1, 0.15) is 5.56 Å². The fourth-order valence-corrected chi connectivity index (χ4v) is 3.33. The van der Waals surface area contributed by atoms with Gasteiger partial charge >= 0.3 is 0 Å². The minimum absolute atomic E-state index is 0.0684. The van der Waals surface area contributed by atoms with Crippen molar-refractivity contribution in [3.63, 3.8) is 0 Å². The van der Waals surface area contributed by atoms with Crippen LogP contribution in [0.15, 0.2) is 53.6 Å². The Morgan fingerprint density at radius 2 is 2.06 bits per heavy atom. The van der Waals surface area contributed by atoms with Crippen LogP contribution in [0.4, 0.5) is 0 Å². The molecule has 0 bridgehead atoms. The molecule has 1 N–H and O–H groups in total. The molecular formula is C21H18N6O5. The quantitative estimate of drug-likeness (QED) is 0.478. The second kappa shape index (κ2) is 8.02. The number of benzene rings is 2. The summed E-state index contributed by atoms with van der Waals surface area (Å²) in [5.74, 6) is 1.61. The van der Waals surface area contributed by atoms with E-state index in [2.05, 4.69) is 20.6 Å². The molecule has 4 aromatic rings. The predicted octanol–water partition coefficient (Wildman–Crippen LogP) is 1.03. The van der Waals surface area contributed by atoms with E-state index in [9.17, 15) is 9.59 Å². The monoisotopic (exact) mass is 434 g/mol. The zero-order valence-corrected chi connectivity index (χ0v) is 17.0. The van der Waals surface area contributed by atoms with Crippen molar-refractivity contribution in [1.82, 2.24) is 29.9 Å². The van der Waals surface area contributed by atoms with Crippen molar-refractivity contribution < 1.29 is 19.0 Å². The van der Waals surface area contributed by atoms with Gasteiger partial charge in [0.25, 0.3) is 5.56 Å². The number of aromatic nitrogens is 5. The van der Waals surface area contributed by atoms with Crippen LogP contribution in [0.5, 0.6) is 17.2 Å². The molecule has 11 heteroatoms. The SMILES string of the molecule is COc1cccc(-n2nnc3c(=O)n(CC(=O)NCc4ccc5c(c4)OCO5)cnc32)c1. The first kappa shape index (κ1) is 19.5. The van der Waals surface area contributed by atoms with Gasteiger partial charge in [0, 0.05) is 12.6 Å². The summed E-state index contributed by atoms with van der Waals surface area (Å²) in [6, 6.07) is 12.6. The third-order valence-electron chi connectivity index (χ3n) is 4.97. The van der Waals surface area contributed by atoms with E-state index >= 15 is 0 Å². The fraction of sp³-hybridized carbons (Fsp3) is 0.190. The van der Waals surface area contributed by atoms with Crippen molar-refractivity contribution >= 4 is 17.1 Å². The number of carbonyl (C=O) groups is 1. The first-order valence-electron chi connectivity index (χ1n) is 9.73. The number of amides is 1. The Bertz CT molecular complexity index is 1380. The number of carbonyl (C=O) groups excluding carboxylic acids is 1. The normalized spacial score (nSPS) is 12.2. The third kappa shape index (κ3) is 3.60. The topological polar surface area (TPSA) is 122 Å². The Morgan fingerprint density at radius 3 is 2.94 bits per heavy atom. The molecule has 2 aromatic heterocycles. The molecule has 0 fully saturated rings. The molecular weight excluding hydrogens is 416 g/mol. The van der Waals surface area contributed by atoms with Crippen LogP contribution >= 0.6 is 0 Å². The van der Waals surface area contributed by atoms with E-state index in [1.165, 1.54) is 15.6 Å². The summed E-state index contributed by atoms with van der Waals surface area (Å²) < 4.78 is 18.5. The number of ether oxygens (including phenoxy) is 3. The molecule has 32 heavy (non-hydrogen) atoms. The second-order valence-electron chi connectivity index (χ2n) is 7.02. The lowest BCUT2D eigenvalue weighted by atomic mass is 10.2. The van der Waals surface area contributed by atoms with E-state index in [1.807, 2.05) is 6.07 Å². The molecule has 2 aromatic carbocycles. The molecule has 0 saturated carbocycles. The number of fused-ring (bicyclic) bond motifs is 2. The van der Waals surface area contributed by atoms with Crippen LogP contribution in [0.25, 0.3) is 16.9 Å². The van der Waals surface area contributed by atoms with Gasteiger partial charge in [0.15, 0.2) is 22.7 Å². The van der Waals surface area contributed by atoms with Gasteiger partial charge in [-0.15, -0.1) is 5.10 Å². The molecule has 0 spiro atoms. The number of rotatable bonds is 6. The molecule has 1 aliphatic rings. The number of methoxy groups -OCH3 is 1. The lowest BCUT2D eigenvalue weighted by molar-refractivity contribution is -0.121. The Balaban J connectivity index is 1.32. The summed E-state index contributed by atoms with van der Waals surface area (Å²) in [5, 5.41) is 10.8. The van der Waals surface area contributed by atoms with Gasteiger partial charge in [-0.3, -0.25) is 14.2 Å². The van der Waals surface area contributed by atoms with E-state index in [0.717, 1.165) is 5.56 Å². The van der Waals surface area contributed by atoms with Crippen LogP contribution in [-0.4, -0.2) is 44.4 Å². The van der Waals surface area contributed by atoms with Crippen molar-refractivity contribution in [3.8, 4) is 22.9 Å². The molecule has 0 unspecified atom stereocenters. The van der Waals surface area contributed by atoms with E-state index in [-0.39, 0.29) is 31.3 Å². The number of hydrogen-bond donors (Lipinski definition) is 1. The summed E-state index contributed by atoms with van der Waals surface area (Å²) in [4.78, 5) is 29.5. The van der Waals surface area contributed by atoms with Gasteiger partial charge in [-0.2, -0.15) is 4.68 Å². The summed E-state index contributed by atoms with van der Waals surface area (Å²) in [6.07, 6.45) is 1.31. The lowest BCUT2D eigenvalue weighted by Gasteiger charge is -2.08. The highest BCUT2D eigenvalue weighted by Crippen LogP contribution is 2.32. The summed E-state index contributed by atoms with van der Waals surface area (Å²) >= 11 is 0. The Kier molecular flexibility index (Phi) is 4.90. The second-order valence-corrected chi connectivity index (χ2v) is 7.02. The van der Waals surface area contributed by atoms with Crippen molar-refractivity contribution in [2.75, 3.05) is 13.9 Å². The maximum absolute atomic E-state index is 12.8. The zero-order valence-electron chi connectivity index (χ0n) is 17.0. The molecule has 3 heterocycles. The molecule has 11 nitrogen and oxygen atoms in total. The van der Waals surface area contributed by atoms with E-state index < -0.39 is 5.56 Å². The highest BCUT2D eigenvalue weighted by atomic mass is 16.7. The van der Waals surface area contributed by atoms with Crippen molar-refractivity contribution in [2.45, 2.75) is 13.1 Å². The Labute approximate surface area is 181 Å². The molecule has 1 aliphatic heterocycles. The van der Waals surface area contributed by atoms with Gasteiger partial charge in [-0.05, 0) is 29.8 Å². The summed E-state index contributed by atoms with van der Waals surface area (Å²) in [7, 11) is 1.56. The van der Waals surface area contributed by atoms with E-state index in [4.69, 9.17) is 14.2 Å². The van der Waals surface area contributed by atoms with Gasteiger partial charge in [0.05, 0.1) is 12.8 Å². The van der Waals surface area contributed by atoms with Crippen LogP contribution < -0.4 is 25.1 Å². The minimum atomic E-state index is -0.456. The van der Waals surface area contributed by atoms with Crippen LogP contribution in [0.2, 0.25) is 0 Å². The highest BCUT2D eigenvalue weighted by Gasteiger charge is 2.16. The Hall–Kier alpha value is -4.41. The first-order valence-corrected chi connectivity index (χ1v) is 9.73. The lowest BCUT2D eigenvalue weighted by Crippen LogP contribution is -2.32. The van der Waals surface area contributed by atoms with Gasteiger partial charge in [-0.25, -0.2) is 4.98 Å². The van der Waals surface area contributed by atoms with Crippen molar-refractivity contribution in [3.05, 3.63) is 64.7 Å². The van der Waals surface area contributed by atoms with Crippen LogP contribution in [-0.2, 0) is 17.9 Å². The Morgan fingerprint density at radius 1 is 1.19 bits per heavy atom. The number of nitrogens with one attached hydrogen (secondary N) is 1. The maximum Gasteiger partial charge on any atom is 0.284 e. The average Bonchev–Trinajstić information content (AvgIpc) is 3.46. The van der Waals surface area contributed by atoms with Crippen molar-refractivity contribution in [1.29, 1.82) is 0 Å². The molecule has 0 saturated heterocycles. The third-order valence-corrected chi connectivity index (χ3v) is 4.97. The summed E-state index contributed by atoms with van der Waals surface area (Å²) in [6.45, 7) is 0.274. The molecule has 0 aliphatic carbocycles. The van der Waals surface area contributed by atoms with Gasteiger partial charge < -0.3 is 19.5 Å². The smallest absolute Gasteiger partial charge is 0.284 e. The molecule has 5 rings (SSSR count). The first-order chi connectivity index (χ1) is 15.6. The standard InChI is InChI=1S/C21H18N6O5/c1-30-15-4-2-3-14(8-15)27-20-19(24-25-27)21(29)26(11-23-20)10-18(28)22-9-13-5-6-16-17(7-13)32-12-31-16/h2-8,11H,9-10,12H2,1H3,(H,22,28). The van der Waals surface area contributed by atoms with Crippen LogP contribution in [0.3, 0.4) is 0 Å². The zero-order chi connectivity index (χ0) is 22.1. The van der Waals surface area contributed by atoms with Crippen LogP contribution in [0, 0.1) is 0 Å². The highest BCUT2D eigenvalue weighted by molar-refractivity contribution is 5.76. The minimum Gasteiger partial charge on any atom is -0.497 e. The predicted molar refractivity (Wildman–Crippen MR) is 112 cm³/mol. The van der Waals surface area contributed by atoms with E-state index in [1.54, 1.807) is 43.5 Å². The van der Waals surface area contributed by atoms with Gasteiger partial charge in [0.2, 0.25) is 12.7 Å². The van der Waals surface area contributed by atoms with Gasteiger partial charge in [0.1, 0.15) is 18.6 Å². The average molecular weight is 434 g/mol. The number of hydrogen-bond acceptors (Lipinski definition) is 8. The number of nitrogens with zero attached hydrogens (tertiary/aromatic N) is 5. The molecule has 162 valence electrons. The largest absolute Gasteiger partial charge is 0.497 e. The molecule has 0 atom stereocenters.